The van der Waals surface area contributed by atoms with Crippen molar-refractivity contribution in [2.75, 3.05) is 7.11 Å². The zero-order valence-electron chi connectivity index (χ0n) is 20.1. The molecule has 2 heterocycles. The molecule has 2 aromatic carbocycles. The van der Waals surface area contributed by atoms with Gasteiger partial charge in [0.15, 0.2) is 0 Å². The standard InChI is InChI=1S/C28H28N2O5/c1-28(2,3)21-15-19(7-10-22(21)35-4)25(32)23-24(18-5-8-20(31)9-6-18)30(27(34)26(23)33)16-17-11-13-29-14-12-17/h5-15,24,31-32H,16H2,1-4H3/b25-23-. The molecule has 0 radical (unpaired) electrons. The average Bonchev–Trinajstić information content (AvgIpc) is 3.08. The minimum atomic E-state index is -0.830. The number of pyridine rings is 1. The Hall–Kier alpha value is -4.13. The van der Waals surface area contributed by atoms with Crippen molar-refractivity contribution in [1.29, 1.82) is 0 Å². The highest BCUT2D eigenvalue weighted by Gasteiger charge is 2.46. The van der Waals surface area contributed by atoms with Gasteiger partial charge in [0.1, 0.15) is 17.3 Å². The van der Waals surface area contributed by atoms with Gasteiger partial charge in [-0.05, 0) is 59.0 Å². The van der Waals surface area contributed by atoms with E-state index in [1.165, 1.54) is 17.0 Å². The van der Waals surface area contributed by atoms with E-state index in [4.69, 9.17) is 4.74 Å². The number of methoxy groups -OCH3 is 1. The Morgan fingerprint density at radius 2 is 1.69 bits per heavy atom. The maximum Gasteiger partial charge on any atom is 0.295 e. The molecule has 2 N–H and O–H groups in total. The predicted molar refractivity (Wildman–Crippen MR) is 132 cm³/mol. The van der Waals surface area contributed by atoms with Crippen LogP contribution in [-0.2, 0) is 21.5 Å². The minimum absolute atomic E-state index is 0.000211. The number of carbonyl (C=O) groups excluding carboxylic acids is 2. The zero-order valence-corrected chi connectivity index (χ0v) is 20.1. The number of aromatic hydroxyl groups is 1. The lowest BCUT2D eigenvalue weighted by molar-refractivity contribution is -0.140. The largest absolute Gasteiger partial charge is 0.508 e. The Bertz CT molecular complexity index is 1290. The molecule has 1 aliphatic heterocycles. The normalized spacial score (nSPS) is 17.6. The van der Waals surface area contributed by atoms with Crippen LogP contribution < -0.4 is 4.74 Å². The van der Waals surface area contributed by atoms with E-state index in [-0.39, 0.29) is 29.0 Å². The smallest absolute Gasteiger partial charge is 0.295 e. The van der Waals surface area contributed by atoms with Gasteiger partial charge in [-0.1, -0.05) is 32.9 Å². The Morgan fingerprint density at radius 3 is 2.29 bits per heavy atom. The Balaban J connectivity index is 1.89. The molecule has 0 bridgehead atoms. The molecule has 0 saturated carbocycles. The Morgan fingerprint density at radius 1 is 1.03 bits per heavy atom. The van der Waals surface area contributed by atoms with Crippen molar-refractivity contribution < 1.29 is 24.5 Å². The number of hydrogen-bond donors (Lipinski definition) is 2. The fourth-order valence-electron chi connectivity index (χ4n) is 4.33. The molecule has 7 heteroatoms. The number of rotatable bonds is 5. The van der Waals surface area contributed by atoms with Crippen LogP contribution in [0, 0.1) is 0 Å². The fraction of sp³-hybridized carbons (Fsp3) is 0.250. The monoisotopic (exact) mass is 472 g/mol. The summed E-state index contributed by atoms with van der Waals surface area (Å²) in [4.78, 5) is 31.9. The van der Waals surface area contributed by atoms with Crippen LogP contribution in [-0.4, -0.2) is 38.9 Å². The number of amides is 1. The lowest BCUT2D eigenvalue weighted by atomic mass is 9.84. The first kappa shape index (κ1) is 24.0. The SMILES string of the molecule is COc1ccc(/C(O)=C2/C(=O)C(=O)N(Cc3ccncc3)C2c2ccc(O)cc2)cc1C(C)(C)C. The van der Waals surface area contributed by atoms with Gasteiger partial charge in [0.25, 0.3) is 11.7 Å². The number of phenolic OH excluding ortho intramolecular Hbond substituents is 1. The maximum atomic E-state index is 13.3. The van der Waals surface area contributed by atoms with Crippen LogP contribution in [0.15, 0.2) is 72.6 Å². The van der Waals surface area contributed by atoms with Gasteiger partial charge in [-0.25, -0.2) is 0 Å². The molecular formula is C28H28N2O5. The second kappa shape index (κ2) is 9.25. The Kier molecular flexibility index (Phi) is 6.35. The Labute approximate surface area is 204 Å². The molecule has 0 spiro atoms. The molecule has 4 rings (SSSR count). The van der Waals surface area contributed by atoms with Gasteiger partial charge in [0, 0.05) is 30.1 Å². The van der Waals surface area contributed by atoms with Crippen LogP contribution >= 0.6 is 0 Å². The van der Waals surface area contributed by atoms with Gasteiger partial charge < -0.3 is 19.8 Å². The van der Waals surface area contributed by atoms with Crippen LogP contribution in [0.3, 0.4) is 0 Å². The molecule has 1 aliphatic rings. The summed E-state index contributed by atoms with van der Waals surface area (Å²) in [6.07, 6.45) is 3.24. The molecule has 1 atom stereocenters. The highest BCUT2D eigenvalue weighted by atomic mass is 16.5. The van der Waals surface area contributed by atoms with Gasteiger partial charge >= 0.3 is 0 Å². The second-order valence-corrected chi connectivity index (χ2v) is 9.54. The predicted octanol–water partition coefficient (Wildman–Crippen LogP) is 4.72. The molecule has 7 nitrogen and oxygen atoms in total. The van der Waals surface area contributed by atoms with E-state index in [0.717, 1.165) is 11.1 Å². The average molecular weight is 473 g/mol. The number of benzene rings is 2. The number of ether oxygens (including phenoxy) is 1. The van der Waals surface area contributed by atoms with Gasteiger partial charge in [-0.15, -0.1) is 0 Å². The van der Waals surface area contributed by atoms with Gasteiger partial charge in [-0.2, -0.15) is 0 Å². The summed E-state index contributed by atoms with van der Waals surface area (Å²) in [5.41, 5.74) is 2.38. The first-order valence-electron chi connectivity index (χ1n) is 11.3. The fourth-order valence-corrected chi connectivity index (χ4v) is 4.33. The van der Waals surface area contributed by atoms with E-state index in [0.29, 0.717) is 16.9 Å². The summed E-state index contributed by atoms with van der Waals surface area (Å²) in [5.74, 6) is -0.993. The molecule has 0 aliphatic carbocycles. The third kappa shape index (κ3) is 4.62. The number of Topliss-reactive ketones (excluding diaryl/α,β-unsaturated/α-hetero) is 1. The molecule has 1 unspecified atom stereocenters. The molecule has 180 valence electrons. The maximum absolute atomic E-state index is 13.3. The second-order valence-electron chi connectivity index (χ2n) is 9.54. The number of hydrogen-bond acceptors (Lipinski definition) is 6. The summed E-state index contributed by atoms with van der Waals surface area (Å²) >= 11 is 0. The number of carbonyl (C=O) groups is 2. The quantitative estimate of drug-likeness (QED) is 0.317. The van der Waals surface area contributed by atoms with Gasteiger partial charge in [0.2, 0.25) is 0 Å². The molecule has 1 saturated heterocycles. The number of ketones is 1. The first-order chi connectivity index (χ1) is 16.6. The van der Waals surface area contributed by atoms with E-state index in [1.807, 2.05) is 20.8 Å². The minimum Gasteiger partial charge on any atom is -0.508 e. The van der Waals surface area contributed by atoms with Crippen molar-refractivity contribution in [3.63, 3.8) is 0 Å². The van der Waals surface area contributed by atoms with E-state index < -0.39 is 17.7 Å². The number of phenols is 1. The molecular weight excluding hydrogens is 444 g/mol. The van der Waals surface area contributed by atoms with Crippen LogP contribution in [0.25, 0.3) is 5.76 Å². The van der Waals surface area contributed by atoms with Crippen LogP contribution in [0.1, 0.15) is 49.1 Å². The third-order valence-corrected chi connectivity index (χ3v) is 6.13. The number of aliphatic hydroxyl groups is 1. The van der Waals surface area contributed by atoms with Crippen LogP contribution in [0.4, 0.5) is 0 Å². The number of aliphatic hydroxyl groups excluding tert-OH is 1. The van der Waals surface area contributed by atoms with E-state index in [1.54, 1.807) is 62.0 Å². The summed E-state index contributed by atoms with van der Waals surface area (Å²) in [7, 11) is 1.58. The molecule has 1 aromatic heterocycles. The lowest BCUT2D eigenvalue weighted by Gasteiger charge is -2.26. The highest BCUT2D eigenvalue weighted by molar-refractivity contribution is 6.46. The van der Waals surface area contributed by atoms with Crippen molar-refractivity contribution in [3.8, 4) is 11.5 Å². The van der Waals surface area contributed by atoms with E-state index in [2.05, 4.69) is 4.98 Å². The number of likely N-dealkylation sites (tertiary alicyclic amines) is 1. The van der Waals surface area contributed by atoms with Crippen molar-refractivity contribution >= 4 is 17.4 Å². The van der Waals surface area contributed by atoms with Crippen LogP contribution in [0.5, 0.6) is 11.5 Å². The van der Waals surface area contributed by atoms with E-state index >= 15 is 0 Å². The van der Waals surface area contributed by atoms with Crippen molar-refractivity contribution in [2.24, 2.45) is 0 Å². The van der Waals surface area contributed by atoms with Crippen molar-refractivity contribution in [3.05, 3.63) is 94.8 Å². The number of aromatic nitrogens is 1. The summed E-state index contributed by atoms with van der Waals surface area (Å²) in [5, 5.41) is 21.2. The van der Waals surface area contributed by atoms with Crippen molar-refractivity contribution in [2.45, 2.75) is 38.8 Å². The van der Waals surface area contributed by atoms with Gasteiger partial charge in [0.05, 0.1) is 18.7 Å². The van der Waals surface area contributed by atoms with Crippen molar-refractivity contribution in [1.82, 2.24) is 9.88 Å². The lowest BCUT2D eigenvalue weighted by Crippen LogP contribution is -2.29. The summed E-state index contributed by atoms with van der Waals surface area (Å²) < 4.78 is 5.50. The molecule has 1 fully saturated rings. The topological polar surface area (TPSA) is 100.0 Å². The third-order valence-electron chi connectivity index (χ3n) is 6.13. The molecule has 1 amide bonds. The van der Waals surface area contributed by atoms with E-state index in [9.17, 15) is 19.8 Å². The molecule has 35 heavy (non-hydrogen) atoms. The molecule has 3 aromatic rings. The van der Waals surface area contributed by atoms with Gasteiger partial charge in [-0.3, -0.25) is 14.6 Å². The van der Waals surface area contributed by atoms with Crippen LogP contribution in [0.2, 0.25) is 0 Å². The zero-order chi connectivity index (χ0) is 25.3. The highest BCUT2D eigenvalue weighted by Crippen LogP contribution is 2.42. The first-order valence-corrected chi connectivity index (χ1v) is 11.3. The summed E-state index contributed by atoms with van der Waals surface area (Å²) in [6.45, 7) is 6.24. The summed E-state index contributed by atoms with van der Waals surface area (Å²) in [6, 6.07) is 14.2. The number of nitrogens with zero attached hydrogens (tertiary/aromatic N) is 2.